The van der Waals surface area contributed by atoms with Gasteiger partial charge in [-0.2, -0.15) is 0 Å². The molecule has 1 amide bonds. The number of H-pyrrole nitrogens is 1. The lowest BCUT2D eigenvalue weighted by atomic mass is 9.95. The van der Waals surface area contributed by atoms with Crippen LogP contribution in [0.5, 0.6) is 5.75 Å². The summed E-state index contributed by atoms with van der Waals surface area (Å²) in [6.45, 7) is 0.938. The lowest BCUT2D eigenvalue weighted by Crippen LogP contribution is -2.41. The zero-order chi connectivity index (χ0) is 18.8. The standard InChI is InChI=1S/C20H19F2N3O2/c21-14-5-6-19(15(22)9-14)27-12-20(26)25-8-2-3-13(11-25)17-10-18-16(24-17)4-1-7-23-18/h1,4-7,9-10,13,24H,2-3,8,11-12H2/t13-/m1/s1. The van der Waals surface area contributed by atoms with E-state index in [0.717, 1.165) is 41.7 Å². The molecule has 0 unspecified atom stereocenters. The number of nitrogens with zero attached hydrogens (tertiary/aromatic N) is 2. The number of halogens is 2. The summed E-state index contributed by atoms with van der Waals surface area (Å²) in [5.74, 6) is -1.64. The van der Waals surface area contributed by atoms with Crippen LogP contribution in [-0.2, 0) is 4.79 Å². The molecule has 27 heavy (non-hydrogen) atoms. The Balaban J connectivity index is 1.40. The minimum Gasteiger partial charge on any atom is -0.481 e. The zero-order valence-corrected chi connectivity index (χ0v) is 14.6. The number of amides is 1. The van der Waals surface area contributed by atoms with Crippen LogP contribution in [0.4, 0.5) is 8.78 Å². The second kappa shape index (κ2) is 7.34. The first kappa shape index (κ1) is 17.5. The van der Waals surface area contributed by atoms with Crippen molar-refractivity contribution >= 4 is 16.9 Å². The van der Waals surface area contributed by atoms with Gasteiger partial charge in [-0.05, 0) is 43.2 Å². The van der Waals surface area contributed by atoms with Gasteiger partial charge in [0.15, 0.2) is 18.2 Å². The molecule has 1 aliphatic heterocycles. The van der Waals surface area contributed by atoms with Gasteiger partial charge in [-0.25, -0.2) is 8.78 Å². The van der Waals surface area contributed by atoms with E-state index in [1.54, 1.807) is 11.1 Å². The quantitative estimate of drug-likeness (QED) is 0.762. The topological polar surface area (TPSA) is 58.2 Å². The number of hydrogen-bond donors (Lipinski definition) is 1. The number of benzene rings is 1. The number of rotatable bonds is 4. The van der Waals surface area contributed by atoms with E-state index in [2.05, 4.69) is 9.97 Å². The predicted octanol–water partition coefficient (Wildman–Crippen LogP) is 3.63. The Kier molecular flexibility index (Phi) is 4.75. The van der Waals surface area contributed by atoms with Crippen LogP contribution in [0, 0.1) is 11.6 Å². The SMILES string of the molecule is O=C(COc1ccc(F)cc1F)N1CCC[C@@H](c2cc3ncccc3[nH]2)C1. The van der Waals surface area contributed by atoms with Gasteiger partial charge >= 0.3 is 0 Å². The number of fused-ring (bicyclic) bond motifs is 1. The van der Waals surface area contributed by atoms with Crippen molar-refractivity contribution in [2.75, 3.05) is 19.7 Å². The molecule has 2 aromatic heterocycles. The number of aromatic amines is 1. The highest BCUT2D eigenvalue weighted by molar-refractivity contribution is 5.78. The molecule has 3 aromatic rings. The third kappa shape index (κ3) is 3.77. The summed E-state index contributed by atoms with van der Waals surface area (Å²) in [4.78, 5) is 21.9. The normalized spacial score (nSPS) is 17.3. The van der Waals surface area contributed by atoms with Crippen LogP contribution in [0.1, 0.15) is 24.5 Å². The molecule has 1 N–H and O–H groups in total. The first-order valence-corrected chi connectivity index (χ1v) is 8.89. The molecule has 0 radical (unpaired) electrons. The van der Waals surface area contributed by atoms with Gasteiger partial charge in [0.2, 0.25) is 0 Å². The van der Waals surface area contributed by atoms with Crippen LogP contribution in [0.25, 0.3) is 11.0 Å². The van der Waals surface area contributed by atoms with Gasteiger partial charge in [0.1, 0.15) is 5.82 Å². The van der Waals surface area contributed by atoms with Gasteiger partial charge in [-0.15, -0.1) is 0 Å². The summed E-state index contributed by atoms with van der Waals surface area (Å²) < 4.78 is 31.8. The van der Waals surface area contributed by atoms with E-state index < -0.39 is 11.6 Å². The molecule has 0 saturated carbocycles. The Morgan fingerprint density at radius 3 is 3.00 bits per heavy atom. The molecule has 140 valence electrons. The van der Waals surface area contributed by atoms with Crippen LogP contribution in [0.3, 0.4) is 0 Å². The van der Waals surface area contributed by atoms with Crippen molar-refractivity contribution in [2.45, 2.75) is 18.8 Å². The van der Waals surface area contributed by atoms with Gasteiger partial charge in [-0.1, -0.05) is 0 Å². The van der Waals surface area contributed by atoms with Crippen molar-refractivity contribution in [3.63, 3.8) is 0 Å². The van der Waals surface area contributed by atoms with E-state index in [4.69, 9.17) is 4.74 Å². The summed E-state index contributed by atoms with van der Waals surface area (Å²) in [6.07, 6.45) is 3.61. The summed E-state index contributed by atoms with van der Waals surface area (Å²) >= 11 is 0. The van der Waals surface area contributed by atoms with Crippen LogP contribution in [0.2, 0.25) is 0 Å². The fourth-order valence-corrected chi connectivity index (χ4v) is 3.48. The lowest BCUT2D eigenvalue weighted by Gasteiger charge is -2.32. The van der Waals surface area contributed by atoms with Crippen LogP contribution in [0.15, 0.2) is 42.6 Å². The van der Waals surface area contributed by atoms with Crippen molar-refractivity contribution in [1.29, 1.82) is 0 Å². The van der Waals surface area contributed by atoms with E-state index in [-0.39, 0.29) is 24.2 Å². The van der Waals surface area contributed by atoms with Crippen LogP contribution in [-0.4, -0.2) is 40.5 Å². The Morgan fingerprint density at radius 1 is 1.30 bits per heavy atom. The maximum atomic E-state index is 13.6. The number of piperidine rings is 1. The Labute approximate surface area is 155 Å². The maximum Gasteiger partial charge on any atom is 0.260 e. The van der Waals surface area contributed by atoms with E-state index in [0.29, 0.717) is 13.1 Å². The molecule has 1 atom stereocenters. The van der Waals surface area contributed by atoms with Crippen molar-refractivity contribution in [2.24, 2.45) is 0 Å². The average molecular weight is 371 g/mol. The van der Waals surface area contributed by atoms with E-state index in [9.17, 15) is 13.6 Å². The highest BCUT2D eigenvalue weighted by Crippen LogP contribution is 2.28. The molecule has 4 rings (SSSR count). The predicted molar refractivity (Wildman–Crippen MR) is 96.5 cm³/mol. The van der Waals surface area contributed by atoms with E-state index >= 15 is 0 Å². The second-order valence-electron chi connectivity index (χ2n) is 6.70. The number of carbonyl (C=O) groups is 1. The van der Waals surface area contributed by atoms with E-state index in [1.165, 1.54) is 6.07 Å². The van der Waals surface area contributed by atoms with Gasteiger partial charge in [0.25, 0.3) is 5.91 Å². The third-order valence-corrected chi connectivity index (χ3v) is 4.87. The van der Waals surface area contributed by atoms with Gasteiger partial charge in [0, 0.05) is 37.0 Å². The van der Waals surface area contributed by atoms with Crippen LogP contribution < -0.4 is 4.74 Å². The molecule has 1 fully saturated rings. The van der Waals surface area contributed by atoms with Crippen LogP contribution >= 0.6 is 0 Å². The fraction of sp³-hybridized carbons (Fsp3) is 0.300. The fourth-order valence-electron chi connectivity index (χ4n) is 3.48. The zero-order valence-electron chi connectivity index (χ0n) is 14.6. The average Bonchev–Trinajstić information content (AvgIpc) is 3.11. The summed E-state index contributed by atoms with van der Waals surface area (Å²) in [6, 6.07) is 8.91. The summed E-state index contributed by atoms with van der Waals surface area (Å²) in [5.41, 5.74) is 2.95. The highest BCUT2D eigenvalue weighted by Gasteiger charge is 2.26. The molecule has 1 aromatic carbocycles. The van der Waals surface area contributed by atoms with Crippen molar-refractivity contribution in [1.82, 2.24) is 14.9 Å². The van der Waals surface area contributed by atoms with Crippen molar-refractivity contribution < 1.29 is 18.3 Å². The Morgan fingerprint density at radius 2 is 2.19 bits per heavy atom. The summed E-state index contributed by atoms with van der Waals surface area (Å²) in [5, 5.41) is 0. The van der Waals surface area contributed by atoms with Gasteiger partial charge in [0.05, 0.1) is 11.0 Å². The number of aromatic nitrogens is 2. The lowest BCUT2D eigenvalue weighted by molar-refractivity contribution is -0.134. The number of pyridine rings is 1. The van der Waals surface area contributed by atoms with Crippen molar-refractivity contribution in [3.05, 3.63) is 59.9 Å². The smallest absolute Gasteiger partial charge is 0.260 e. The number of carbonyl (C=O) groups excluding carboxylic acids is 1. The molecular weight excluding hydrogens is 352 g/mol. The third-order valence-electron chi connectivity index (χ3n) is 4.87. The first-order chi connectivity index (χ1) is 13.1. The van der Waals surface area contributed by atoms with Gasteiger partial charge in [-0.3, -0.25) is 9.78 Å². The number of likely N-dealkylation sites (tertiary alicyclic amines) is 1. The number of nitrogens with one attached hydrogen (secondary N) is 1. The number of ether oxygens (including phenoxy) is 1. The highest BCUT2D eigenvalue weighted by atomic mass is 19.1. The molecule has 0 spiro atoms. The molecule has 0 aliphatic carbocycles. The second-order valence-corrected chi connectivity index (χ2v) is 6.70. The molecule has 5 nitrogen and oxygen atoms in total. The Hall–Kier alpha value is -2.96. The van der Waals surface area contributed by atoms with E-state index in [1.807, 2.05) is 18.2 Å². The first-order valence-electron chi connectivity index (χ1n) is 8.89. The largest absolute Gasteiger partial charge is 0.481 e. The molecule has 1 aliphatic rings. The molecular formula is C20H19F2N3O2. The Bertz CT molecular complexity index is 940. The monoisotopic (exact) mass is 371 g/mol. The maximum absolute atomic E-state index is 13.6. The minimum absolute atomic E-state index is 0.125. The molecule has 3 heterocycles. The molecule has 0 bridgehead atoms. The summed E-state index contributed by atoms with van der Waals surface area (Å²) in [7, 11) is 0. The van der Waals surface area contributed by atoms with Gasteiger partial charge < -0.3 is 14.6 Å². The molecule has 1 saturated heterocycles. The van der Waals surface area contributed by atoms with Crippen molar-refractivity contribution in [3.8, 4) is 5.75 Å². The molecule has 7 heteroatoms. The number of hydrogen-bond acceptors (Lipinski definition) is 3. The minimum atomic E-state index is -0.815.